The van der Waals surface area contributed by atoms with Crippen molar-refractivity contribution >= 4 is 11.7 Å². The molecule has 1 N–H and O–H groups in total. The van der Waals surface area contributed by atoms with E-state index < -0.39 is 0 Å². The zero-order valence-electron chi connectivity index (χ0n) is 8.82. The molecule has 2 rings (SSSR count). The van der Waals surface area contributed by atoms with Crippen molar-refractivity contribution in [1.82, 2.24) is 0 Å². The Morgan fingerprint density at radius 3 is 3.00 bits per heavy atom. The van der Waals surface area contributed by atoms with E-state index >= 15 is 0 Å². The highest BCUT2D eigenvalue weighted by atomic mass is 16.5. The second kappa shape index (κ2) is 4.34. The number of nitrogens with one attached hydrogen (secondary N) is 1. The van der Waals surface area contributed by atoms with E-state index in [0.29, 0.717) is 12.5 Å². The van der Waals surface area contributed by atoms with Gasteiger partial charge in [-0.3, -0.25) is 4.79 Å². The first-order chi connectivity index (χ1) is 7.28. The minimum absolute atomic E-state index is 0.196. The average Bonchev–Trinajstić information content (AvgIpc) is 3.02. The number of anilines is 1. The van der Waals surface area contributed by atoms with Gasteiger partial charge in [-0.15, -0.1) is 0 Å². The predicted molar refractivity (Wildman–Crippen MR) is 58.8 cm³/mol. The molecule has 80 valence electrons. The van der Waals surface area contributed by atoms with Gasteiger partial charge >= 0.3 is 5.97 Å². The summed E-state index contributed by atoms with van der Waals surface area (Å²) in [5, 5.41) is 3.40. The molecule has 1 aliphatic rings. The Labute approximate surface area is 89.4 Å². The summed E-state index contributed by atoms with van der Waals surface area (Å²) in [6.07, 6.45) is 2.85. The summed E-state index contributed by atoms with van der Waals surface area (Å²) >= 11 is 0. The molecule has 0 radical (unpaired) electrons. The minimum Gasteiger partial charge on any atom is -0.469 e. The summed E-state index contributed by atoms with van der Waals surface area (Å²) in [6, 6.07) is 8.57. The molecular weight excluding hydrogens is 190 g/mol. The van der Waals surface area contributed by atoms with Crippen LogP contribution in [0.5, 0.6) is 0 Å². The van der Waals surface area contributed by atoms with E-state index in [1.165, 1.54) is 20.0 Å². The molecule has 0 heterocycles. The van der Waals surface area contributed by atoms with Crippen LogP contribution in [-0.2, 0) is 16.0 Å². The smallest absolute Gasteiger partial charge is 0.309 e. The lowest BCUT2D eigenvalue weighted by molar-refractivity contribution is -0.139. The van der Waals surface area contributed by atoms with Crippen LogP contribution in [0.15, 0.2) is 24.3 Å². The van der Waals surface area contributed by atoms with E-state index in [0.717, 1.165) is 11.3 Å². The fourth-order valence-electron chi connectivity index (χ4n) is 1.47. The largest absolute Gasteiger partial charge is 0.469 e. The minimum atomic E-state index is -0.196. The molecule has 3 heteroatoms. The Balaban J connectivity index is 2.00. The van der Waals surface area contributed by atoms with Crippen LogP contribution >= 0.6 is 0 Å². The van der Waals surface area contributed by atoms with Crippen molar-refractivity contribution in [1.29, 1.82) is 0 Å². The zero-order chi connectivity index (χ0) is 10.7. The lowest BCUT2D eigenvalue weighted by Crippen LogP contribution is -2.05. The van der Waals surface area contributed by atoms with Crippen LogP contribution in [0.2, 0.25) is 0 Å². The van der Waals surface area contributed by atoms with Gasteiger partial charge in [0.15, 0.2) is 0 Å². The first-order valence-electron chi connectivity index (χ1n) is 5.20. The van der Waals surface area contributed by atoms with Crippen molar-refractivity contribution in [3.8, 4) is 0 Å². The van der Waals surface area contributed by atoms with Crippen molar-refractivity contribution in [2.24, 2.45) is 0 Å². The van der Waals surface area contributed by atoms with E-state index in [4.69, 9.17) is 0 Å². The van der Waals surface area contributed by atoms with Gasteiger partial charge in [0, 0.05) is 11.7 Å². The Hall–Kier alpha value is -1.51. The Morgan fingerprint density at radius 2 is 2.33 bits per heavy atom. The second-order valence-electron chi connectivity index (χ2n) is 3.87. The lowest BCUT2D eigenvalue weighted by atomic mass is 10.1. The topological polar surface area (TPSA) is 38.3 Å². The second-order valence-corrected chi connectivity index (χ2v) is 3.87. The molecule has 0 saturated heterocycles. The van der Waals surface area contributed by atoms with Crippen LogP contribution in [0, 0.1) is 0 Å². The molecule has 15 heavy (non-hydrogen) atoms. The number of hydrogen-bond acceptors (Lipinski definition) is 3. The molecule has 0 aliphatic heterocycles. The quantitative estimate of drug-likeness (QED) is 0.764. The molecule has 1 fully saturated rings. The maximum absolute atomic E-state index is 11.1. The molecule has 0 amide bonds. The summed E-state index contributed by atoms with van der Waals surface area (Å²) < 4.78 is 4.63. The van der Waals surface area contributed by atoms with Gasteiger partial charge in [0.2, 0.25) is 0 Å². The molecule has 1 aliphatic carbocycles. The standard InChI is InChI=1S/C12H15NO2/c1-15-12(14)8-9-3-2-4-11(7-9)13-10-5-6-10/h2-4,7,10,13H,5-6,8H2,1H3. The Morgan fingerprint density at radius 1 is 1.53 bits per heavy atom. The summed E-state index contributed by atoms with van der Waals surface area (Å²) in [6.45, 7) is 0. The highest BCUT2D eigenvalue weighted by Gasteiger charge is 2.20. The Kier molecular flexibility index (Phi) is 2.90. The number of rotatable bonds is 4. The average molecular weight is 205 g/mol. The number of carbonyl (C=O) groups is 1. The SMILES string of the molecule is COC(=O)Cc1cccc(NC2CC2)c1. The van der Waals surface area contributed by atoms with Gasteiger partial charge in [0.05, 0.1) is 13.5 Å². The number of methoxy groups -OCH3 is 1. The fraction of sp³-hybridized carbons (Fsp3) is 0.417. The summed E-state index contributed by atoms with van der Waals surface area (Å²) in [4.78, 5) is 11.1. The third-order valence-corrected chi connectivity index (χ3v) is 2.45. The van der Waals surface area contributed by atoms with Gasteiger partial charge in [-0.1, -0.05) is 12.1 Å². The molecule has 1 aromatic carbocycles. The summed E-state index contributed by atoms with van der Waals surface area (Å²) in [7, 11) is 1.41. The van der Waals surface area contributed by atoms with Gasteiger partial charge in [0.1, 0.15) is 0 Å². The van der Waals surface area contributed by atoms with Crippen molar-refractivity contribution in [2.45, 2.75) is 25.3 Å². The van der Waals surface area contributed by atoms with Crippen molar-refractivity contribution in [3.63, 3.8) is 0 Å². The van der Waals surface area contributed by atoms with E-state index in [1.54, 1.807) is 0 Å². The molecule has 1 saturated carbocycles. The third-order valence-electron chi connectivity index (χ3n) is 2.45. The lowest BCUT2D eigenvalue weighted by Gasteiger charge is -2.06. The summed E-state index contributed by atoms with van der Waals surface area (Å²) in [5.74, 6) is -0.196. The van der Waals surface area contributed by atoms with E-state index in [2.05, 4.69) is 10.1 Å². The highest BCUT2D eigenvalue weighted by molar-refractivity contribution is 5.72. The van der Waals surface area contributed by atoms with Gasteiger partial charge in [0.25, 0.3) is 0 Å². The van der Waals surface area contributed by atoms with Gasteiger partial charge < -0.3 is 10.1 Å². The Bertz CT molecular complexity index is 358. The first-order valence-corrected chi connectivity index (χ1v) is 5.20. The molecule has 0 spiro atoms. The van der Waals surface area contributed by atoms with E-state index in [-0.39, 0.29) is 5.97 Å². The summed E-state index contributed by atoms with van der Waals surface area (Å²) in [5.41, 5.74) is 2.09. The van der Waals surface area contributed by atoms with Crippen LogP contribution in [0.1, 0.15) is 18.4 Å². The third kappa shape index (κ3) is 2.98. The van der Waals surface area contributed by atoms with Gasteiger partial charge in [-0.05, 0) is 30.5 Å². The molecular formula is C12H15NO2. The number of hydrogen-bond donors (Lipinski definition) is 1. The molecule has 0 unspecified atom stereocenters. The molecule has 3 nitrogen and oxygen atoms in total. The van der Waals surface area contributed by atoms with Crippen LogP contribution in [-0.4, -0.2) is 19.1 Å². The van der Waals surface area contributed by atoms with Crippen molar-refractivity contribution in [2.75, 3.05) is 12.4 Å². The van der Waals surface area contributed by atoms with Gasteiger partial charge in [-0.25, -0.2) is 0 Å². The number of esters is 1. The van der Waals surface area contributed by atoms with Crippen LogP contribution in [0.25, 0.3) is 0 Å². The molecule has 0 atom stereocenters. The highest BCUT2D eigenvalue weighted by Crippen LogP contribution is 2.25. The van der Waals surface area contributed by atoms with E-state index in [1.807, 2.05) is 24.3 Å². The van der Waals surface area contributed by atoms with E-state index in [9.17, 15) is 4.79 Å². The zero-order valence-corrected chi connectivity index (χ0v) is 8.82. The van der Waals surface area contributed by atoms with Gasteiger partial charge in [-0.2, -0.15) is 0 Å². The first kappa shape index (κ1) is 10.0. The van der Waals surface area contributed by atoms with Crippen LogP contribution < -0.4 is 5.32 Å². The van der Waals surface area contributed by atoms with Crippen LogP contribution in [0.4, 0.5) is 5.69 Å². The number of carbonyl (C=O) groups excluding carboxylic acids is 1. The monoisotopic (exact) mass is 205 g/mol. The fourth-order valence-corrected chi connectivity index (χ4v) is 1.47. The predicted octanol–water partition coefficient (Wildman–Crippen LogP) is 1.98. The molecule has 0 aromatic heterocycles. The molecule has 0 bridgehead atoms. The van der Waals surface area contributed by atoms with Crippen molar-refractivity contribution in [3.05, 3.63) is 29.8 Å². The molecule has 1 aromatic rings. The normalized spacial score (nSPS) is 14.7. The van der Waals surface area contributed by atoms with Crippen LogP contribution in [0.3, 0.4) is 0 Å². The van der Waals surface area contributed by atoms with Crippen molar-refractivity contribution < 1.29 is 9.53 Å². The maximum atomic E-state index is 11.1. The number of benzene rings is 1. The maximum Gasteiger partial charge on any atom is 0.309 e. The number of ether oxygens (including phenoxy) is 1.